The summed E-state index contributed by atoms with van der Waals surface area (Å²) in [7, 11) is 0. The van der Waals surface area contributed by atoms with E-state index in [2.05, 4.69) is 31.2 Å². The molecule has 3 heteroatoms. The molecular weight excluding hydrogens is 162 g/mol. The van der Waals surface area contributed by atoms with Crippen LogP contribution in [0.2, 0.25) is 0 Å². The van der Waals surface area contributed by atoms with Crippen LogP contribution in [0.5, 0.6) is 0 Å². The van der Waals surface area contributed by atoms with Crippen molar-refractivity contribution in [1.82, 2.24) is 9.78 Å². The number of nitrogens with zero attached hydrogens (tertiary/aromatic N) is 2. The fraction of sp³-hybridized carbons (Fsp3) is 0.700. The van der Waals surface area contributed by atoms with E-state index >= 15 is 0 Å². The van der Waals surface area contributed by atoms with Crippen molar-refractivity contribution in [2.24, 2.45) is 0 Å². The molecule has 0 aliphatic rings. The highest BCUT2D eigenvalue weighted by molar-refractivity contribution is 5.34. The third kappa shape index (κ3) is 2.47. The average molecular weight is 181 g/mol. The zero-order valence-corrected chi connectivity index (χ0v) is 8.75. The average Bonchev–Trinajstić information content (AvgIpc) is 2.61. The van der Waals surface area contributed by atoms with Gasteiger partial charge in [0.15, 0.2) is 0 Å². The second-order valence-electron chi connectivity index (χ2n) is 3.19. The van der Waals surface area contributed by atoms with Gasteiger partial charge in [-0.1, -0.05) is 13.8 Å². The molecule has 13 heavy (non-hydrogen) atoms. The quantitative estimate of drug-likeness (QED) is 0.756. The number of rotatable bonds is 5. The van der Waals surface area contributed by atoms with E-state index in [1.165, 1.54) is 0 Å². The molecule has 0 saturated heterocycles. The van der Waals surface area contributed by atoms with Crippen LogP contribution in [0.1, 0.15) is 33.6 Å². The number of aryl methyl sites for hydroxylation is 1. The summed E-state index contributed by atoms with van der Waals surface area (Å²) in [6.45, 7) is 7.43. The lowest BCUT2D eigenvalue weighted by Crippen LogP contribution is -2.19. The van der Waals surface area contributed by atoms with Crippen LogP contribution >= 0.6 is 0 Å². The summed E-state index contributed by atoms with van der Waals surface area (Å²) in [6, 6.07) is 2.60. The summed E-state index contributed by atoms with van der Waals surface area (Å²) < 4.78 is 1.98. The van der Waals surface area contributed by atoms with E-state index in [4.69, 9.17) is 0 Å². The minimum Gasteiger partial charge on any atom is -0.368 e. The van der Waals surface area contributed by atoms with Gasteiger partial charge in [0, 0.05) is 18.7 Å². The summed E-state index contributed by atoms with van der Waals surface area (Å²) in [5, 5.41) is 7.69. The normalized spacial score (nSPS) is 10.8. The second kappa shape index (κ2) is 4.90. The van der Waals surface area contributed by atoms with E-state index < -0.39 is 0 Å². The van der Waals surface area contributed by atoms with Crippen molar-refractivity contribution >= 4 is 5.82 Å². The molecule has 1 N–H and O–H groups in total. The molecule has 0 fully saturated rings. The minimum absolute atomic E-state index is 0.571. The van der Waals surface area contributed by atoms with Crippen LogP contribution in [-0.4, -0.2) is 15.8 Å². The number of hydrogen-bond acceptors (Lipinski definition) is 2. The van der Waals surface area contributed by atoms with E-state index in [1.54, 1.807) is 0 Å². The molecule has 0 spiro atoms. The Morgan fingerprint density at radius 2 is 2.08 bits per heavy atom. The Bertz CT molecular complexity index is 238. The second-order valence-corrected chi connectivity index (χ2v) is 3.19. The van der Waals surface area contributed by atoms with Crippen LogP contribution in [0.15, 0.2) is 12.3 Å². The Kier molecular flexibility index (Phi) is 3.80. The Balaban J connectivity index is 2.61. The molecule has 0 saturated carbocycles. The molecule has 3 nitrogen and oxygen atoms in total. The summed E-state index contributed by atoms with van der Waals surface area (Å²) >= 11 is 0. The Morgan fingerprint density at radius 1 is 1.38 bits per heavy atom. The first-order valence-electron chi connectivity index (χ1n) is 5.10. The van der Waals surface area contributed by atoms with E-state index in [1.807, 2.05) is 16.9 Å². The van der Waals surface area contributed by atoms with Gasteiger partial charge in [0.1, 0.15) is 5.82 Å². The molecule has 0 aromatic carbocycles. The van der Waals surface area contributed by atoms with Crippen molar-refractivity contribution in [2.75, 3.05) is 5.32 Å². The standard InChI is InChI=1S/C10H19N3/c1-4-9(5-2)12-10-7-8-11-13(10)6-3/h7-9,12H,4-6H2,1-3H3. The Morgan fingerprint density at radius 3 is 2.62 bits per heavy atom. The monoisotopic (exact) mass is 181 g/mol. The van der Waals surface area contributed by atoms with Crippen molar-refractivity contribution in [3.05, 3.63) is 12.3 Å². The molecule has 1 aromatic rings. The third-order valence-electron chi connectivity index (χ3n) is 2.35. The lowest BCUT2D eigenvalue weighted by Gasteiger charge is -2.16. The van der Waals surface area contributed by atoms with Gasteiger partial charge in [-0.25, -0.2) is 0 Å². The Labute approximate surface area is 80.1 Å². The highest BCUT2D eigenvalue weighted by Gasteiger charge is 2.05. The lowest BCUT2D eigenvalue weighted by molar-refractivity contribution is 0.626. The molecule has 1 aromatic heterocycles. The third-order valence-corrected chi connectivity index (χ3v) is 2.35. The van der Waals surface area contributed by atoms with Crippen LogP contribution in [-0.2, 0) is 6.54 Å². The van der Waals surface area contributed by atoms with E-state index in [9.17, 15) is 0 Å². The van der Waals surface area contributed by atoms with Crippen LogP contribution in [0, 0.1) is 0 Å². The van der Waals surface area contributed by atoms with Crippen molar-refractivity contribution in [2.45, 2.75) is 46.2 Å². The topological polar surface area (TPSA) is 29.9 Å². The predicted octanol–water partition coefficient (Wildman–Crippen LogP) is 2.50. The maximum atomic E-state index is 4.21. The fourth-order valence-corrected chi connectivity index (χ4v) is 1.41. The number of aromatic nitrogens is 2. The minimum atomic E-state index is 0.571. The largest absolute Gasteiger partial charge is 0.368 e. The molecule has 1 heterocycles. The van der Waals surface area contributed by atoms with Crippen LogP contribution < -0.4 is 5.32 Å². The van der Waals surface area contributed by atoms with Crippen LogP contribution in [0.3, 0.4) is 0 Å². The first-order chi connectivity index (χ1) is 6.31. The predicted molar refractivity (Wildman–Crippen MR) is 55.9 cm³/mol. The van der Waals surface area contributed by atoms with Gasteiger partial charge in [-0.15, -0.1) is 0 Å². The highest BCUT2D eigenvalue weighted by atomic mass is 15.3. The maximum absolute atomic E-state index is 4.21. The molecular formula is C10H19N3. The fourth-order valence-electron chi connectivity index (χ4n) is 1.41. The van der Waals surface area contributed by atoms with Gasteiger partial charge < -0.3 is 5.32 Å². The number of hydrogen-bond donors (Lipinski definition) is 1. The van der Waals surface area contributed by atoms with Gasteiger partial charge in [0.25, 0.3) is 0 Å². The van der Waals surface area contributed by atoms with E-state index in [-0.39, 0.29) is 0 Å². The molecule has 0 radical (unpaired) electrons. The molecule has 0 aliphatic carbocycles. The van der Waals surface area contributed by atoms with Gasteiger partial charge in [-0.2, -0.15) is 5.10 Å². The maximum Gasteiger partial charge on any atom is 0.124 e. The van der Waals surface area contributed by atoms with E-state index in [0.717, 1.165) is 25.2 Å². The van der Waals surface area contributed by atoms with Gasteiger partial charge in [0.05, 0.1) is 6.20 Å². The summed E-state index contributed by atoms with van der Waals surface area (Å²) in [4.78, 5) is 0. The SMILES string of the molecule is CCC(CC)Nc1ccnn1CC. The molecule has 0 aliphatic heterocycles. The molecule has 0 amide bonds. The number of anilines is 1. The number of nitrogens with one attached hydrogen (secondary N) is 1. The van der Waals surface area contributed by atoms with Crippen molar-refractivity contribution in [3.63, 3.8) is 0 Å². The van der Waals surface area contributed by atoms with Gasteiger partial charge in [0.2, 0.25) is 0 Å². The summed E-state index contributed by atoms with van der Waals surface area (Å²) in [5.74, 6) is 1.14. The molecule has 0 bridgehead atoms. The smallest absolute Gasteiger partial charge is 0.124 e. The first-order valence-corrected chi connectivity index (χ1v) is 5.10. The zero-order chi connectivity index (χ0) is 9.68. The zero-order valence-electron chi connectivity index (χ0n) is 8.75. The molecule has 74 valence electrons. The molecule has 1 rings (SSSR count). The molecule has 0 atom stereocenters. The van der Waals surface area contributed by atoms with Gasteiger partial charge >= 0.3 is 0 Å². The lowest BCUT2D eigenvalue weighted by atomic mass is 10.2. The molecule has 0 unspecified atom stereocenters. The first kappa shape index (κ1) is 10.1. The van der Waals surface area contributed by atoms with Gasteiger partial charge in [-0.05, 0) is 19.8 Å². The Hall–Kier alpha value is -0.990. The van der Waals surface area contributed by atoms with Crippen molar-refractivity contribution in [1.29, 1.82) is 0 Å². The summed E-state index contributed by atoms with van der Waals surface area (Å²) in [6.07, 6.45) is 4.16. The van der Waals surface area contributed by atoms with E-state index in [0.29, 0.717) is 6.04 Å². The van der Waals surface area contributed by atoms with Crippen LogP contribution in [0.4, 0.5) is 5.82 Å². The van der Waals surface area contributed by atoms with Crippen molar-refractivity contribution < 1.29 is 0 Å². The van der Waals surface area contributed by atoms with Crippen LogP contribution in [0.25, 0.3) is 0 Å². The highest BCUT2D eigenvalue weighted by Crippen LogP contribution is 2.10. The van der Waals surface area contributed by atoms with Crippen molar-refractivity contribution in [3.8, 4) is 0 Å². The summed E-state index contributed by atoms with van der Waals surface area (Å²) in [5.41, 5.74) is 0. The van der Waals surface area contributed by atoms with Gasteiger partial charge in [-0.3, -0.25) is 4.68 Å².